The zero-order valence-electron chi connectivity index (χ0n) is 6.62. The number of aryl methyl sites for hydroxylation is 1. The topological polar surface area (TPSA) is 42.7 Å². The minimum absolute atomic E-state index is 0.525. The molecule has 0 amide bonds. The van der Waals surface area contributed by atoms with Crippen LogP contribution in [0.3, 0.4) is 0 Å². The number of rotatable bonds is 1. The van der Waals surface area contributed by atoms with Gasteiger partial charge < -0.3 is 5.32 Å². The van der Waals surface area contributed by atoms with Gasteiger partial charge in [0, 0.05) is 6.54 Å². The van der Waals surface area contributed by atoms with Crippen molar-refractivity contribution in [2.24, 2.45) is 0 Å². The Kier molecular flexibility index (Phi) is 1.62. The molecule has 0 aliphatic carbocycles. The molecule has 0 bridgehead atoms. The van der Waals surface area contributed by atoms with Crippen molar-refractivity contribution in [2.45, 2.75) is 19.4 Å². The van der Waals surface area contributed by atoms with Crippen LogP contribution in [0.25, 0.3) is 0 Å². The van der Waals surface area contributed by atoms with Gasteiger partial charge in [0.15, 0.2) is 0 Å². The molecule has 1 aromatic rings. The van der Waals surface area contributed by atoms with Gasteiger partial charge in [-0.1, -0.05) is 5.21 Å². The van der Waals surface area contributed by atoms with E-state index in [1.54, 1.807) is 6.20 Å². The lowest BCUT2D eigenvalue weighted by atomic mass is 10.2. The summed E-state index contributed by atoms with van der Waals surface area (Å²) >= 11 is 0. The summed E-state index contributed by atoms with van der Waals surface area (Å²) < 4.78 is 2.00. The maximum absolute atomic E-state index is 4.02. The first-order valence-electron chi connectivity index (χ1n) is 3.95. The lowest BCUT2D eigenvalue weighted by molar-refractivity contribution is 0.466. The molecule has 11 heavy (non-hydrogen) atoms. The van der Waals surface area contributed by atoms with E-state index in [1.165, 1.54) is 6.42 Å². The predicted molar refractivity (Wildman–Crippen MR) is 41.3 cm³/mol. The molecule has 2 heterocycles. The Labute approximate surface area is 65.6 Å². The van der Waals surface area contributed by atoms with Crippen LogP contribution in [-0.2, 0) is 0 Å². The van der Waals surface area contributed by atoms with Gasteiger partial charge in [0.25, 0.3) is 0 Å². The molecule has 1 saturated heterocycles. The zero-order valence-corrected chi connectivity index (χ0v) is 6.62. The molecule has 4 nitrogen and oxygen atoms in total. The molecule has 0 spiro atoms. The van der Waals surface area contributed by atoms with Crippen molar-refractivity contribution < 1.29 is 0 Å². The third kappa shape index (κ3) is 1.14. The van der Waals surface area contributed by atoms with Crippen molar-refractivity contribution in [3.8, 4) is 0 Å². The van der Waals surface area contributed by atoms with Crippen molar-refractivity contribution in [2.75, 3.05) is 13.1 Å². The maximum atomic E-state index is 4.02. The van der Waals surface area contributed by atoms with Crippen molar-refractivity contribution in [3.05, 3.63) is 11.9 Å². The normalized spacial score (nSPS) is 24.3. The Morgan fingerprint density at radius 3 is 3.18 bits per heavy atom. The van der Waals surface area contributed by atoms with E-state index in [1.807, 2.05) is 11.6 Å². The second-order valence-electron chi connectivity index (χ2n) is 2.97. The molecule has 1 atom stereocenters. The van der Waals surface area contributed by atoms with E-state index >= 15 is 0 Å². The lowest BCUT2D eigenvalue weighted by Gasteiger charge is -2.08. The lowest BCUT2D eigenvalue weighted by Crippen LogP contribution is -2.15. The van der Waals surface area contributed by atoms with Gasteiger partial charge in [-0.15, -0.1) is 5.10 Å². The van der Waals surface area contributed by atoms with Crippen molar-refractivity contribution in [1.82, 2.24) is 20.3 Å². The van der Waals surface area contributed by atoms with Crippen molar-refractivity contribution in [1.29, 1.82) is 0 Å². The van der Waals surface area contributed by atoms with Gasteiger partial charge in [0.05, 0.1) is 17.9 Å². The first-order chi connectivity index (χ1) is 5.38. The highest BCUT2D eigenvalue weighted by atomic mass is 15.4. The quantitative estimate of drug-likeness (QED) is 0.621. The van der Waals surface area contributed by atoms with E-state index in [9.17, 15) is 0 Å². The number of aromatic nitrogens is 3. The predicted octanol–water partition coefficient (Wildman–Crippen LogP) is 0.121. The Morgan fingerprint density at radius 2 is 2.64 bits per heavy atom. The third-order valence-corrected chi connectivity index (χ3v) is 2.13. The summed E-state index contributed by atoms with van der Waals surface area (Å²) in [5, 5.41) is 11.2. The molecule has 1 unspecified atom stereocenters. The molecule has 1 aliphatic rings. The van der Waals surface area contributed by atoms with Crippen molar-refractivity contribution >= 4 is 0 Å². The van der Waals surface area contributed by atoms with Gasteiger partial charge >= 0.3 is 0 Å². The summed E-state index contributed by atoms with van der Waals surface area (Å²) in [5.74, 6) is 0. The summed E-state index contributed by atoms with van der Waals surface area (Å²) in [6.45, 7) is 4.17. The van der Waals surface area contributed by atoms with Crippen LogP contribution in [0.4, 0.5) is 0 Å². The van der Waals surface area contributed by atoms with Crippen LogP contribution in [0.2, 0.25) is 0 Å². The van der Waals surface area contributed by atoms with E-state index in [2.05, 4.69) is 15.6 Å². The van der Waals surface area contributed by atoms with Crippen LogP contribution < -0.4 is 5.32 Å². The number of nitrogens with one attached hydrogen (secondary N) is 1. The van der Waals surface area contributed by atoms with E-state index in [-0.39, 0.29) is 0 Å². The van der Waals surface area contributed by atoms with Crippen LogP contribution in [0.5, 0.6) is 0 Å². The Balaban J connectivity index is 2.21. The maximum Gasteiger partial charge on any atom is 0.0722 e. The Bertz CT molecular complexity index is 236. The van der Waals surface area contributed by atoms with Gasteiger partial charge in [-0.05, 0) is 19.9 Å². The second-order valence-corrected chi connectivity index (χ2v) is 2.97. The summed E-state index contributed by atoms with van der Waals surface area (Å²) in [6, 6.07) is 0.525. The molecule has 1 N–H and O–H groups in total. The fourth-order valence-corrected chi connectivity index (χ4v) is 1.50. The van der Waals surface area contributed by atoms with Crippen LogP contribution in [0.1, 0.15) is 18.2 Å². The van der Waals surface area contributed by atoms with Crippen molar-refractivity contribution in [3.63, 3.8) is 0 Å². The minimum atomic E-state index is 0.525. The molecule has 2 rings (SSSR count). The zero-order chi connectivity index (χ0) is 7.68. The second kappa shape index (κ2) is 2.62. The average Bonchev–Trinajstić information content (AvgIpc) is 2.55. The van der Waals surface area contributed by atoms with E-state index < -0.39 is 0 Å². The molecule has 60 valence electrons. The highest BCUT2D eigenvalue weighted by Gasteiger charge is 2.17. The van der Waals surface area contributed by atoms with Gasteiger partial charge in [0.1, 0.15) is 0 Å². The standard InChI is InChI=1S/C7H12N4/c1-6-4-9-10-11(6)7-2-3-8-5-7/h4,7-8H,2-3,5H2,1H3. The molecule has 0 radical (unpaired) electrons. The van der Waals surface area contributed by atoms with Crippen LogP contribution in [0.15, 0.2) is 6.20 Å². The first kappa shape index (κ1) is 6.79. The largest absolute Gasteiger partial charge is 0.315 e. The summed E-state index contributed by atoms with van der Waals surface area (Å²) in [5.41, 5.74) is 1.15. The van der Waals surface area contributed by atoms with Crippen LogP contribution in [0, 0.1) is 6.92 Å². The minimum Gasteiger partial charge on any atom is -0.315 e. The molecule has 1 fully saturated rings. The molecule has 1 aliphatic heterocycles. The SMILES string of the molecule is Cc1cnnn1C1CCNC1. The number of hydrogen-bond donors (Lipinski definition) is 1. The van der Waals surface area contributed by atoms with Gasteiger partial charge in [-0.2, -0.15) is 0 Å². The third-order valence-electron chi connectivity index (χ3n) is 2.13. The van der Waals surface area contributed by atoms with Gasteiger partial charge in [-0.3, -0.25) is 0 Å². The van der Waals surface area contributed by atoms with E-state index in [4.69, 9.17) is 0 Å². The number of nitrogens with zero attached hydrogens (tertiary/aromatic N) is 3. The first-order valence-corrected chi connectivity index (χ1v) is 3.95. The van der Waals surface area contributed by atoms with E-state index in [0.717, 1.165) is 18.8 Å². The Morgan fingerprint density at radius 1 is 1.73 bits per heavy atom. The van der Waals surface area contributed by atoms with Gasteiger partial charge in [-0.25, -0.2) is 4.68 Å². The molecule has 4 heteroatoms. The highest BCUT2D eigenvalue weighted by Crippen LogP contribution is 2.14. The van der Waals surface area contributed by atoms with E-state index in [0.29, 0.717) is 6.04 Å². The smallest absolute Gasteiger partial charge is 0.0722 e. The van der Waals surface area contributed by atoms with Gasteiger partial charge in [0.2, 0.25) is 0 Å². The molecule has 0 saturated carbocycles. The molecule has 0 aromatic carbocycles. The highest BCUT2D eigenvalue weighted by molar-refractivity contribution is 4.93. The Hall–Kier alpha value is -0.900. The van der Waals surface area contributed by atoms with Crippen LogP contribution >= 0.6 is 0 Å². The summed E-state index contributed by atoms with van der Waals surface area (Å²) in [4.78, 5) is 0. The molecular weight excluding hydrogens is 140 g/mol. The average molecular weight is 152 g/mol. The fraction of sp³-hybridized carbons (Fsp3) is 0.714. The summed E-state index contributed by atoms with van der Waals surface area (Å²) in [6.07, 6.45) is 2.97. The number of hydrogen-bond acceptors (Lipinski definition) is 3. The van der Waals surface area contributed by atoms with Crippen LogP contribution in [-0.4, -0.2) is 28.1 Å². The monoisotopic (exact) mass is 152 g/mol. The molecular formula is C7H12N4. The summed E-state index contributed by atoms with van der Waals surface area (Å²) in [7, 11) is 0. The fourth-order valence-electron chi connectivity index (χ4n) is 1.50. The molecule has 1 aromatic heterocycles.